The number of nitrogens with one attached hydrogen (secondary N) is 1. The average molecular weight is 593 g/mol. The van der Waals surface area contributed by atoms with Crippen molar-refractivity contribution in [2.45, 2.75) is 147 Å². The number of nitrogens with zero attached hydrogens (tertiary/aromatic N) is 1. The molecule has 0 radical (unpaired) electrons. The van der Waals surface area contributed by atoms with Crippen molar-refractivity contribution in [3.8, 4) is 0 Å². The quantitative estimate of drug-likeness (QED) is 0.108. The first kappa shape index (κ1) is 36.5. The fourth-order valence-corrected chi connectivity index (χ4v) is 5.66. The average Bonchev–Trinajstić information content (AvgIpc) is 3.01. The van der Waals surface area contributed by atoms with Crippen LogP contribution in [0.2, 0.25) is 0 Å². The van der Waals surface area contributed by atoms with Crippen LogP contribution in [0.5, 0.6) is 0 Å². The number of para-hydroxylation sites is 1. The highest BCUT2D eigenvalue weighted by Gasteiger charge is 2.44. The Bertz CT molecular complexity index is 795. The number of amides is 1. The van der Waals surface area contributed by atoms with Gasteiger partial charge in [-0.15, -0.1) is 0 Å². The van der Waals surface area contributed by atoms with E-state index in [0.29, 0.717) is 19.5 Å². The monoisotopic (exact) mass is 592 g/mol. The number of hydrogen-bond donors (Lipinski definition) is 4. The van der Waals surface area contributed by atoms with Crippen molar-refractivity contribution in [3.63, 3.8) is 0 Å². The Morgan fingerprint density at radius 1 is 0.786 bits per heavy atom. The number of unbranched alkanes of at least 4 members (excludes halogenated alkanes) is 14. The summed E-state index contributed by atoms with van der Waals surface area (Å²) in [6, 6.07) is 9.93. The molecule has 0 bridgehead atoms. The summed E-state index contributed by atoms with van der Waals surface area (Å²) in [5.74, 6) is 0.0229. The third kappa shape index (κ3) is 14.6. The molecule has 0 unspecified atom stereocenters. The third-order valence-corrected chi connectivity index (χ3v) is 8.36. The molecular formula is C34H60N2O6. The molecule has 1 saturated heterocycles. The Morgan fingerprint density at radius 2 is 1.33 bits per heavy atom. The van der Waals surface area contributed by atoms with Gasteiger partial charge in [-0.3, -0.25) is 4.79 Å². The number of methoxy groups -OCH3 is 1. The number of aliphatic hydroxyl groups is 3. The maximum Gasteiger partial charge on any atom is 0.222 e. The fourth-order valence-electron chi connectivity index (χ4n) is 5.66. The van der Waals surface area contributed by atoms with Crippen molar-refractivity contribution in [3.05, 3.63) is 30.3 Å². The minimum absolute atomic E-state index is 0.0229. The first-order valence-electron chi connectivity index (χ1n) is 16.8. The largest absolute Gasteiger partial charge is 0.388 e. The van der Waals surface area contributed by atoms with Gasteiger partial charge in [-0.25, -0.2) is 0 Å². The van der Waals surface area contributed by atoms with E-state index < -0.39 is 30.7 Å². The lowest BCUT2D eigenvalue weighted by atomic mass is 9.98. The molecule has 242 valence electrons. The maximum atomic E-state index is 13.2. The standard InChI is InChI=1S/C34H60N2O6/c1-3-4-5-6-7-8-9-10-11-12-13-14-15-16-20-24-30(37)36(26-21-25-35-28-22-18-17-19-23-28)27-29-31(38)32(39)33(40)34(41-2)42-29/h17-19,22-23,29,31-35,38-40H,3-16,20-21,24-27H2,1-2H3/t29-,31-,32+,33-,34+/m1/s1. The molecule has 1 amide bonds. The van der Waals surface area contributed by atoms with Gasteiger partial charge in [-0.2, -0.15) is 0 Å². The zero-order valence-electron chi connectivity index (χ0n) is 26.4. The second-order valence-electron chi connectivity index (χ2n) is 11.9. The van der Waals surface area contributed by atoms with E-state index in [1.807, 2.05) is 30.3 Å². The molecule has 1 aromatic carbocycles. The summed E-state index contributed by atoms with van der Waals surface area (Å²) in [4.78, 5) is 15.0. The summed E-state index contributed by atoms with van der Waals surface area (Å²) in [7, 11) is 1.38. The summed E-state index contributed by atoms with van der Waals surface area (Å²) in [5.41, 5.74) is 1.03. The third-order valence-electron chi connectivity index (χ3n) is 8.36. The zero-order valence-corrected chi connectivity index (χ0v) is 26.4. The fraction of sp³-hybridized carbons (Fsp3) is 0.794. The summed E-state index contributed by atoms with van der Waals surface area (Å²) in [6.07, 6.45) is 14.4. The van der Waals surface area contributed by atoms with Gasteiger partial charge in [0.2, 0.25) is 5.91 Å². The summed E-state index contributed by atoms with van der Waals surface area (Å²) in [6.45, 7) is 3.60. The Balaban J connectivity index is 1.68. The normalized spacial score (nSPS) is 22.3. The topological polar surface area (TPSA) is 111 Å². The molecule has 1 aromatic rings. The van der Waals surface area contributed by atoms with Crippen LogP contribution in [0.4, 0.5) is 5.69 Å². The van der Waals surface area contributed by atoms with Gasteiger partial charge in [0.15, 0.2) is 6.29 Å². The second-order valence-corrected chi connectivity index (χ2v) is 11.9. The smallest absolute Gasteiger partial charge is 0.222 e. The van der Waals surface area contributed by atoms with E-state index >= 15 is 0 Å². The first-order chi connectivity index (χ1) is 20.5. The van der Waals surface area contributed by atoms with Crippen molar-refractivity contribution in [2.75, 3.05) is 32.1 Å². The highest BCUT2D eigenvalue weighted by atomic mass is 16.7. The van der Waals surface area contributed by atoms with E-state index in [-0.39, 0.29) is 12.5 Å². The molecule has 42 heavy (non-hydrogen) atoms. The number of benzene rings is 1. The molecule has 0 saturated carbocycles. The number of anilines is 1. The van der Waals surface area contributed by atoms with Crippen LogP contribution in [0.25, 0.3) is 0 Å². The summed E-state index contributed by atoms with van der Waals surface area (Å²) in [5, 5.41) is 34.3. The summed E-state index contributed by atoms with van der Waals surface area (Å²) < 4.78 is 10.9. The molecule has 0 spiro atoms. The van der Waals surface area contributed by atoms with Crippen molar-refractivity contribution in [1.29, 1.82) is 0 Å². The van der Waals surface area contributed by atoms with E-state index in [4.69, 9.17) is 9.47 Å². The lowest BCUT2D eigenvalue weighted by Gasteiger charge is -2.41. The number of rotatable bonds is 24. The number of carbonyl (C=O) groups is 1. The molecule has 1 fully saturated rings. The van der Waals surface area contributed by atoms with Crippen molar-refractivity contribution >= 4 is 11.6 Å². The summed E-state index contributed by atoms with van der Waals surface area (Å²) >= 11 is 0. The van der Waals surface area contributed by atoms with Crippen LogP contribution in [0.1, 0.15) is 116 Å². The second kappa shape index (κ2) is 22.8. The minimum Gasteiger partial charge on any atom is -0.388 e. The molecule has 8 heteroatoms. The van der Waals surface area contributed by atoms with E-state index in [1.54, 1.807) is 4.90 Å². The number of aliphatic hydroxyl groups excluding tert-OH is 3. The minimum atomic E-state index is -1.40. The molecule has 4 N–H and O–H groups in total. The van der Waals surface area contributed by atoms with Crippen LogP contribution in [-0.2, 0) is 14.3 Å². The molecule has 0 aliphatic carbocycles. The van der Waals surface area contributed by atoms with Crippen LogP contribution in [0.3, 0.4) is 0 Å². The Labute approximate surface area is 255 Å². The first-order valence-corrected chi connectivity index (χ1v) is 16.8. The van der Waals surface area contributed by atoms with Gasteiger partial charge in [0.05, 0.1) is 0 Å². The van der Waals surface area contributed by atoms with E-state index in [2.05, 4.69) is 12.2 Å². The van der Waals surface area contributed by atoms with Gasteiger partial charge in [-0.05, 0) is 25.0 Å². The number of ether oxygens (including phenoxy) is 2. The van der Waals surface area contributed by atoms with E-state index in [1.165, 1.54) is 84.2 Å². The molecule has 1 aliphatic rings. The van der Waals surface area contributed by atoms with Crippen LogP contribution in [0, 0.1) is 0 Å². The van der Waals surface area contributed by atoms with Gasteiger partial charge in [0, 0.05) is 38.9 Å². The predicted octanol–water partition coefficient (Wildman–Crippen LogP) is 6.03. The van der Waals surface area contributed by atoms with Crippen molar-refractivity contribution in [2.24, 2.45) is 0 Å². The zero-order chi connectivity index (χ0) is 30.4. The molecule has 2 rings (SSSR count). The van der Waals surface area contributed by atoms with Gasteiger partial charge < -0.3 is 35.0 Å². The predicted molar refractivity (Wildman–Crippen MR) is 169 cm³/mol. The van der Waals surface area contributed by atoms with Crippen molar-refractivity contribution in [1.82, 2.24) is 4.90 Å². The molecule has 0 aromatic heterocycles. The van der Waals surface area contributed by atoms with Gasteiger partial charge in [-0.1, -0.05) is 115 Å². The molecular weight excluding hydrogens is 532 g/mol. The van der Waals surface area contributed by atoms with Gasteiger partial charge >= 0.3 is 0 Å². The Morgan fingerprint density at radius 3 is 1.88 bits per heavy atom. The Kier molecular flexibility index (Phi) is 19.8. The maximum absolute atomic E-state index is 13.2. The molecule has 1 aliphatic heterocycles. The van der Waals surface area contributed by atoms with Crippen LogP contribution in [0.15, 0.2) is 30.3 Å². The van der Waals surface area contributed by atoms with Crippen molar-refractivity contribution < 1.29 is 29.6 Å². The SMILES string of the molecule is CCCCCCCCCCCCCCCCCC(=O)N(CCCNc1ccccc1)C[C@H]1O[C@H](OC)[C@H](O)[C@@H](O)[C@@H]1O. The molecule has 1 heterocycles. The van der Waals surface area contributed by atoms with Crippen LogP contribution in [-0.4, -0.2) is 83.6 Å². The number of carbonyl (C=O) groups excluding carboxylic acids is 1. The van der Waals surface area contributed by atoms with Gasteiger partial charge in [0.1, 0.15) is 24.4 Å². The van der Waals surface area contributed by atoms with E-state index in [9.17, 15) is 20.1 Å². The highest BCUT2D eigenvalue weighted by molar-refractivity contribution is 5.76. The molecule has 8 nitrogen and oxygen atoms in total. The van der Waals surface area contributed by atoms with Crippen LogP contribution < -0.4 is 5.32 Å². The van der Waals surface area contributed by atoms with E-state index in [0.717, 1.165) is 31.4 Å². The lowest BCUT2D eigenvalue weighted by Crippen LogP contribution is -2.60. The van der Waals surface area contributed by atoms with Gasteiger partial charge in [0.25, 0.3) is 0 Å². The molecule has 5 atom stereocenters. The Hall–Kier alpha value is -1.71. The lowest BCUT2D eigenvalue weighted by molar-refractivity contribution is -0.291. The highest BCUT2D eigenvalue weighted by Crippen LogP contribution is 2.23. The number of hydrogen-bond acceptors (Lipinski definition) is 7. The van der Waals surface area contributed by atoms with Crippen LogP contribution >= 0.6 is 0 Å².